The molecule has 0 unspecified atom stereocenters. The molecule has 6 atom stereocenters. The largest absolute Gasteiger partial charge is 0.387 e. The van der Waals surface area contributed by atoms with Gasteiger partial charge < -0.3 is 29.2 Å². The summed E-state index contributed by atoms with van der Waals surface area (Å²) in [4.78, 5) is 0. The molecule has 0 aromatic heterocycles. The fourth-order valence-electron chi connectivity index (χ4n) is 4.98. The van der Waals surface area contributed by atoms with E-state index in [0.717, 1.165) is 16.7 Å². The molecule has 6 heteroatoms. The second-order valence-corrected chi connectivity index (χ2v) is 10.0. The molecule has 5 rings (SSSR count). The smallest absolute Gasteiger partial charge is 0.117 e. The van der Waals surface area contributed by atoms with Gasteiger partial charge in [-0.05, 0) is 22.3 Å². The maximum atomic E-state index is 11.6. The minimum atomic E-state index is -1.15. The summed E-state index contributed by atoms with van der Waals surface area (Å²) in [5, 5.41) is 22.9. The van der Waals surface area contributed by atoms with Gasteiger partial charge in [-0.3, -0.25) is 0 Å². The van der Waals surface area contributed by atoms with Crippen LogP contribution in [0.4, 0.5) is 0 Å². The Morgan fingerprint density at radius 2 is 1.05 bits per heavy atom. The van der Waals surface area contributed by atoms with Crippen molar-refractivity contribution in [3.63, 3.8) is 0 Å². The number of hydrogen-bond donors (Lipinski definition) is 2. The van der Waals surface area contributed by atoms with Gasteiger partial charge in [0.2, 0.25) is 0 Å². The van der Waals surface area contributed by atoms with Gasteiger partial charge in [-0.1, -0.05) is 121 Å². The molecular formula is C34H36O6. The van der Waals surface area contributed by atoms with Gasteiger partial charge in [0.1, 0.15) is 36.6 Å². The van der Waals surface area contributed by atoms with Gasteiger partial charge in [-0.15, -0.1) is 0 Å². The Bertz CT molecular complexity index is 1250. The molecule has 0 bridgehead atoms. The van der Waals surface area contributed by atoms with Crippen molar-refractivity contribution in [2.45, 2.75) is 56.4 Å². The fraction of sp³-hybridized carbons (Fsp3) is 0.294. The Balaban J connectivity index is 1.40. The van der Waals surface area contributed by atoms with Crippen LogP contribution in [0, 0.1) is 0 Å². The number of aliphatic hydroxyl groups excluding tert-OH is 2. The first-order chi connectivity index (χ1) is 19.7. The molecule has 6 nitrogen and oxygen atoms in total. The molecule has 0 spiro atoms. The van der Waals surface area contributed by atoms with Crippen LogP contribution in [0.15, 0.2) is 121 Å². The highest BCUT2D eigenvalue weighted by Crippen LogP contribution is 2.34. The molecule has 1 aliphatic rings. The van der Waals surface area contributed by atoms with Crippen molar-refractivity contribution in [1.29, 1.82) is 0 Å². The summed E-state index contributed by atoms with van der Waals surface area (Å²) in [5.74, 6) is 0. The van der Waals surface area contributed by atoms with Crippen LogP contribution in [0.2, 0.25) is 0 Å². The topological polar surface area (TPSA) is 77.4 Å². The van der Waals surface area contributed by atoms with Crippen LogP contribution in [-0.4, -0.2) is 47.3 Å². The lowest BCUT2D eigenvalue weighted by atomic mass is 9.89. The second-order valence-electron chi connectivity index (χ2n) is 10.0. The van der Waals surface area contributed by atoms with E-state index in [1.807, 2.05) is 121 Å². The zero-order chi connectivity index (χ0) is 27.6. The standard InChI is InChI=1S/C34H36O6/c35-30(28-19-11-4-12-20-28)33-31(36)34(39-23-27-17-9-3-10-18-27)32(38-22-26-15-7-2-8-16-26)29(40-33)24-37-21-25-13-5-1-6-14-25/h1-20,29-36H,21-24H2/t29-,30+,31+,32+,33+,34-/m1/s1. The highest BCUT2D eigenvalue weighted by Gasteiger charge is 2.49. The molecule has 0 aliphatic carbocycles. The average Bonchev–Trinajstić information content (AvgIpc) is 3.02. The third-order valence-electron chi connectivity index (χ3n) is 7.11. The number of aliphatic hydroxyl groups is 2. The van der Waals surface area contributed by atoms with Crippen LogP contribution < -0.4 is 0 Å². The van der Waals surface area contributed by atoms with E-state index < -0.39 is 36.6 Å². The fourth-order valence-corrected chi connectivity index (χ4v) is 4.98. The number of benzene rings is 4. The maximum absolute atomic E-state index is 11.6. The van der Waals surface area contributed by atoms with E-state index in [-0.39, 0.29) is 13.2 Å². The van der Waals surface area contributed by atoms with Gasteiger partial charge in [-0.2, -0.15) is 0 Å². The van der Waals surface area contributed by atoms with Crippen LogP contribution in [0.5, 0.6) is 0 Å². The molecule has 0 amide bonds. The first-order valence-electron chi connectivity index (χ1n) is 13.7. The Kier molecular flexibility index (Phi) is 10.1. The molecule has 1 heterocycles. The predicted molar refractivity (Wildman–Crippen MR) is 152 cm³/mol. The monoisotopic (exact) mass is 540 g/mol. The zero-order valence-corrected chi connectivity index (χ0v) is 22.4. The van der Waals surface area contributed by atoms with Crippen LogP contribution in [0.1, 0.15) is 28.4 Å². The summed E-state index contributed by atoms with van der Waals surface area (Å²) in [6.07, 6.45) is -5.17. The Hall–Kier alpha value is -3.36. The number of rotatable bonds is 12. The van der Waals surface area contributed by atoms with Crippen molar-refractivity contribution in [2.75, 3.05) is 6.61 Å². The van der Waals surface area contributed by atoms with Gasteiger partial charge in [-0.25, -0.2) is 0 Å². The lowest BCUT2D eigenvalue weighted by Crippen LogP contribution is -2.61. The van der Waals surface area contributed by atoms with E-state index in [2.05, 4.69) is 0 Å². The van der Waals surface area contributed by atoms with Gasteiger partial charge in [0, 0.05) is 0 Å². The van der Waals surface area contributed by atoms with Gasteiger partial charge >= 0.3 is 0 Å². The summed E-state index contributed by atoms with van der Waals surface area (Å²) in [5.41, 5.74) is 3.66. The first kappa shape index (κ1) is 28.2. The minimum absolute atomic E-state index is 0.199. The molecule has 0 radical (unpaired) electrons. The molecule has 208 valence electrons. The van der Waals surface area contributed by atoms with E-state index in [0.29, 0.717) is 18.8 Å². The highest BCUT2D eigenvalue weighted by atomic mass is 16.6. The van der Waals surface area contributed by atoms with Crippen LogP contribution in [0.3, 0.4) is 0 Å². The molecule has 4 aromatic rings. The Morgan fingerprint density at radius 3 is 1.57 bits per heavy atom. The Labute approximate surface area is 235 Å². The Morgan fingerprint density at radius 1 is 0.600 bits per heavy atom. The first-order valence-corrected chi connectivity index (χ1v) is 13.7. The van der Waals surface area contributed by atoms with Crippen molar-refractivity contribution in [1.82, 2.24) is 0 Å². The molecule has 40 heavy (non-hydrogen) atoms. The van der Waals surface area contributed by atoms with Crippen LogP contribution in [-0.2, 0) is 38.8 Å². The third kappa shape index (κ3) is 7.43. The molecule has 1 saturated heterocycles. The second kappa shape index (κ2) is 14.3. The quantitative estimate of drug-likeness (QED) is 0.256. The molecule has 4 aromatic carbocycles. The van der Waals surface area contributed by atoms with E-state index in [9.17, 15) is 10.2 Å². The molecule has 1 aliphatic heterocycles. The van der Waals surface area contributed by atoms with Crippen molar-refractivity contribution in [3.05, 3.63) is 144 Å². The zero-order valence-electron chi connectivity index (χ0n) is 22.4. The van der Waals surface area contributed by atoms with Gasteiger partial charge in [0.25, 0.3) is 0 Å². The van der Waals surface area contributed by atoms with Crippen molar-refractivity contribution < 1.29 is 29.2 Å². The normalized spacial score (nSPS) is 23.5. The van der Waals surface area contributed by atoms with Crippen molar-refractivity contribution >= 4 is 0 Å². The van der Waals surface area contributed by atoms with Crippen LogP contribution in [0.25, 0.3) is 0 Å². The maximum Gasteiger partial charge on any atom is 0.117 e. The van der Waals surface area contributed by atoms with Crippen LogP contribution >= 0.6 is 0 Å². The summed E-state index contributed by atoms with van der Waals surface area (Å²) >= 11 is 0. The SMILES string of the molecule is O[C@@H]1[C@@H](OCc2ccccc2)[C@@H](OCc2ccccc2)[C@@H](COCc2ccccc2)O[C@H]1[C@@H](O)c1ccccc1. The lowest BCUT2D eigenvalue weighted by molar-refractivity contribution is -0.276. The number of ether oxygens (including phenoxy) is 4. The van der Waals surface area contributed by atoms with E-state index >= 15 is 0 Å². The van der Waals surface area contributed by atoms with Crippen molar-refractivity contribution in [3.8, 4) is 0 Å². The average molecular weight is 541 g/mol. The number of hydrogen-bond acceptors (Lipinski definition) is 6. The summed E-state index contributed by atoms with van der Waals surface area (Å²) < 4.78 is 25.3. The molecule has 0 saturated carbocycles. The molecular weight excluding hydrogens is 504 g/mol. The van der Waals surface area contributed by atoms with Gasteiger partial charge in [0.15, 0.2) is 0 Å². The van der Waals surface area contributed by atoms with E-state index in [1.54, 1.807) is 0 Å². The van der Waals surface area contributed by atoms with E-state index in [4.69, 9.17) is 18.9 Å². The predicted octanol–water partition coefficient (Wildman–Crippen LogP) is 5.24. The summed E-state index contributed by atoms with van der Waals surface area (Å²) in [6, 6.07) is 38.8. The molecule has 1 fully saturated rings. The van der Waals surface area contributed by atoms with E-state index in [1.165, 1.54) is 0 Å². The van der Waals surface area contributed by atoms with Crippen molar-refractivity contribution in [2.24, 2.45) is 0 Å². The summed E-state index contributed by atoms with van der Waals surface area (Å²) in [6.45, 7) is 1.19. The third-order valence-corrected chi connectivity index (χ3v) is 7.11. The molecule has 2 N–H and O–H groups in total. The lowest BCUT2D eigenvalue weighted by Gasteiger charge is -2.46. The highest BCUT2D eigenvalue weighted by molar-refractivity contribution is 5.20. The summed E-state index contributed by atoms with van der Waals surface area (Å²) in [7, 11) is 0. The van der Waals surface area contributed by atoms with Gasteiger partial charge in [0.05, 0.1) is 26.4 Å². The minimum Gasteiger partial charge on any atom is -0.387 e.